The SMILES string of the molecule is CC#Cc1cn(C)c(=O)cc1-c1cn(C)c(=O)c2[nH]c(-c3cnn(C(C)C)c3)cc12. The third kappa shape index (κ3) is 3.16. The maximum absolute atomic E-state index is 12.8. The van der Waals surface area contributed by atoms with Crippen LogP contribution in [0.25, 0.3) is 33.3 Å². The second-order valence-corrected chi connectivity index (χ2v) is 7.66. The van der Waals surface area contributed by atoms with Gasteiger partial charge >= 0.3 is 0 Å². The molecule has 4 heterocycles. The van der Waals surface area contributed by atoms with Crippen LogP contribution >= 0.6 is 0 Å². The van der Waals surface area contributed by atoms with Gasteiger partial charge in [-0.15, -0.1) is 5.92 Å². The molecule has 152 valence electrons. The predicted octanol–water partition coefficient (Wildman–Crippen LogP) is 3.05. The Hall–Kier alpha value is -3.79. The summed E-state index contributed by atoms with van der Waals surface area (Å²) in [6, 6.07) is 3.75. The first kappa shape index (κ1) is 19.5. The zero-order chi connectivity index (χ0) is 21.6. The van der Waals surface area contributed by atoms with Gasteiger partial charge in [0.05, 0.1) is 6.20 Å². The van der Waals surface area contributed by atoms with Crippen LogP contribution in [0.2, 0.25) is 0 Å². The Morgan fingerprint density at radius 3 is 2.47 bits per heavy atom. The summed E-state index contributed by atoms with van der Waals surface area (Å²) in [6.07, 6.45) is 7.22. The Labute approximate surface area is 173 Å². The standard InChI is InChI=1S/C23H23N5O2/c1-6-7-15-11-26(4)21(29)9-17(15)19-13-27(5)23(30)22-18(19)8-20(25-22)16-10-24-28(12-16)14(2)3/h8-14,25H,1-5H3. The van der Waals surface area contributed by atoms with Crippen LogP contribution in [0.5, 0.6) is 0 Å². The molecule has 0 bridgehead atoms. The number of aromatic amines is 1. The summed E-state index contributed by atoms with van der Waals surface area (Å²) in [7, 11) is 3.40. The van der Waals surface area contributed by atoms with Crippen LogP contribution in [-0.4, -0.2) is 23.9 Å². The molecule has 0 aliphatic rings. The van der Waals surface area contributed by atoms with Crippen molar-refractivity contribution in [3.05, 3.63) is 63.2 Å². The van der Waals surface area contributed by atoms with Crippen molar-refractivity contribution < 1.29 is 0 Å². The molecule has 4 aromatic heterocycles. The molecule has 0 fully saturated rings. The molecular formula is C23H23N5O2. The molecule has 0 radical (unpaired) electrons. The van der Waals surface area contributed by atoms with Crippen molar-refractivity contribution >= 4 is 10.9 Å². The van der Waals surface area contributed by atoms with Gasteiger partial charge in [0.2, 0.25) is 0 Å². The minimum Gasteiger partial charge on any atom is -0.350 e. The molecule has 7 nitrogen and oxygen atoms in total. The van der Waals surface area contributed by atoms with Gasteiger partial charge in [-0.1, -0.05) is 5.92 Å². The molecule has 0 spiro atoms. The minimum absolute atomic E-state index is 0.136. The van der Waals surface area contributed by atoms with E-state index in [2.05, 4.69) is 35.8 Å². The van der Waals surface area contributed by atoms with Crippen molar-refractivity contribution in [3.63, 3.8) is 0 Å². The van der Waals surface area contributed by atoms with Gasteiger partial charge in [0.1, 0.15) is 5.52 Å². The smallest absolute Gasteiger partial charge is 0.274 e. The Morgan fingerprint density at radius 1 is 1.03 bits per heavy atom. The normalized spacial score (nSPS) is 11.1. The highest BCUT2D eigenvalue weighted by Gasteiger charge is 2.17. The van der Waals surface area contributed by atoms with Gasteiger partial charge in [-0.3, -0.25) is 14.3 Å². The van der Waals surface area contributed by atoms with E-state index in [1.807, 2.05) is 16.9 Å². The molecule has 0 saturated heterocycles. The highest BCUT2D eigenvalue weighted by atomic mass is 16.1. The summed E-state index contributed by atoms with van der Waals surface area (Å²) in [5, 5.41) is 5.14. The van der Waals surface area contributed by atoms with Crippen molar-refractivity contribution in [3.8, 4) is 34.2 Å². The van der Waals surface area contributed by atoms with Gasteiger partial charge in [-0.05, 0) is 26.8 Å². The van der Waals surface area contributed by atoms with Crippen LogP contribution in [0.3, 0.4) is 0 Å². The van der Waals surface area contributed by atoms with E-state index in [0.717, 1.165) is 27.8 Å². The number of H-pyrrole nitrogens is 1. The van der Waals surface area contributed by atoms with Crippen molar-refractivity contribution in [1.29, 1.82) is 0 Å². The molecule has 0 aliphatic heterocycles. The van der Waals surface area contributed by atoms with Gasteiger partial charge in [-0.25, -0.2) is 0 Å². The first-order valence-corrected chi connectivity index (χ1v) is 9.70. The number of nitrogens with one attached hydrogen (secondary N) is 1. The lowest BCUT2D eigenvalue weighted by atomic mass is 10.00. The van der Waals surface area contributed by atoms with Gasteiger partial charge < -0.3 is 14.1 Å². The van der Waals surface area contributed by atoms with E-state index in [9.17, 15) is 9.59 Å². The van der Waals surface area contributed by atoms with Crippen LogP contribution in [0.4, 0.5) is 0 Å². The Kier molecular flexibility index (Phi) is 4.70. The fraction of sp³-hybridized carbons (Fsp3) is 0.261. The van der Waals surface area contributed by atoms with E-state index in [-0.39, 0.29) is 17.2 Å². The quantitative estimate of drug-likeness (QED) is 0.536. The second-order valence-electron chi connectivity index (χ2n) is 7.66. The topological polar surface area (TPSA) is 77.6 Å². The molecule has 0 aromatic carbocycles. The van der Waals surface area contributed by atoms with Crippen LogP contribution in [-0.2, 0) is 14.1 Å². The van der Waals surface area contributed by atoms with E-state index in [0.29, 0.717) is 11.1 Å². The maximum Gasteiger partial charge on any atom is 0.274 e. The van der Waals surface area contributed by atoms with E-state index in [4.69, 9.17) is 0 Å². The Balaban J connectivity index is 2.02. The van der Waals surface area contributed by atoms with Crippen molar-refractivity contribution in [2.75, 3.05) is 0 Å². The van der Waals surface area contributed by atoms with Gasteiger partial charge in [0.25, 0.3) is 11.1 Å². The molecule has 0 amide bonds. The van der Waals surface area contributed by atoms with Crippen LogP contribution in [0.15, 0.2) is 46.5 Å². The second kappa shape index (κ2) is 7.23. The summed E-state index contributed by atoms with van der Waals surface area (Å²) in [5.74, 6) is 5.98. The summed E-state index contributed by atoms with van der Waals surface area (Å²) in [4.78, 5) is 28.5. The maximum atomic E-state index is 12.8. The van der Waals surface area contributed by atoms with Crippen molar-refractivity contribution in [1.82, 2.24) is 23.9 Å². The van der Waals surface area contributed by atoms with E-state index in [1.165, 1.54) is 9.13 Å². The molecule has 7 heteroatoms. The first-order valence-electron chi connectivity index (χ1n) is 9.70. The molecule has 4 rings (SSSR count). The summed E-state index contributed by atoms with van der Waals surface area (Å²) >= 11 is 0. The average molecular weight is 401 g/mol. The molecular weight excluding hydrogens is 378 g/mol. The number of hydrogen-bond acceptors (Lipinski definition) is 3. The molecule has 0 saturated carbocycles. The predicted molar refractivity (Wildman–Crippen MR) is 118 cm³/mol. The molecule has 0 atom stereocenters. The Bertz CT molecular complexity index is 1450. The third-order valence-electron chi connectivity index (χ3n) is 5.18. The fourth-order valence-electron chi connectivity index (χ4n) is 3.55. The zero-order valence-corrected chi connectivity index (χ0v) is 17.6. The number of hydrogen-bond donors (Lipinski definition) is 1. The fourth-order valence-corrected chi connectivity index (χ4v) is 3.55. The number of nitrogens with zero attached hydrogens (tertiary/aromatic N) is 4. The van der Waals surface area contributed by atoms with Crippen molar-refractivity contribution in [2.24, 2.45) is 14.1 Å². The average Bonchev–Trinajstić information content (AvgIpc) is 3.35. The van der Waals surface area contributed by atoms with E-state index < -0.39 is 0 Å². The number of pyridine rings is 2. The molecule has 1 N–H and O–H groups in total. The number of fused-ring (bicyclic) bond motifs is 1. The van der Waals surface area contributed by atoms with Crippen LogP contribution in [0, 0.1) is 11.8 Å². The van der Waals surface area contributed by atoms with Crippen LogP contribution < -0.4 is 11.1 Å². The monoisotopic (exact) mass is 401 g/mol. The van der Waals surface area contributed by atoms with Gasteiger partial charge in [0.15, 0.2) is 0 Å². The highest BCUT2D eigenvalue weighted by molar-refractivity contribution is 5.98. The number of rotatable bonds is 3. The third-order valence-corrected chi connectivity index (χ3v) is 5.18. The summed E-state index contributed by atoms with van der Waals surface area (Å²) in [5.41, 5.74) is 4.12. The molecule has 30 heavy (non-hydrogen) atoms. The van der Waals surface area contributed by atoms with Gasteiger partial charge in [-0.2, -0.15) is 5.10 Å². The van der Waals surface area contributed by atoms with Gasteiger partial charge in [0, 0.05) is 78.1 Å². The molecule has 0 unspecified atom stereocenters. The largest absolute Gasteiger partial charge is 0.350 e. The van der Waals surface area contributed by atoms with Crippen molar-refractivity contribution in [2.45, 2.75) is 26.8 Å². The molecule has 4 aromatic rings. The Morgan fingerprint density at radius 2 is 1.80 bits per heavy atom. The summed E-state index contributed by atoms with van der Waals surface area (Å²) < 4.78 is 4.90. The number of aromatic nitrogens is 5. The first-order chi connectivity index (χ1) is 14.3. The summed E-state index contributed by atoms with van der Waals surface area (Å²) in [6.45, 7) is 5.87. The van der Waals surface area contributed by atoms with E-state index >= 15 is 0 Å². The van der Waals surface area contributed by atoms with E-state index in [1.54, 1.807) is 45.7 Å². The molecule has 0 aliphatic carbocycles. The lowest BCUT2D eigenvalue weighted by Gasteiger charge is -2.10. The lowest BCUT2D eigenvalue weighted by molar-refractivity contribution is 0.532. The van der Waals surface area contributed by atoms with Crippen LogP contribution in [0.1, 0.15) is 32.4 Å². The zero-order valence-electron chi connectivity index (χ0n) is 17.6. The highest BCUT2D eigenvalue weighted by Crippen LogP contribution is 2.32. The number of aryl methyl sites for hydroxylation is 2. The minimum atomic E-state index is -0.136. The lowest BCUT2D eigenvalue weighted by Crippen LogP contribution is -2.18.